The standard InChI is InChI=1S/C24H23N5/c1-18-12-13-21(16-25-18)24-27-26-22-17-28(14-15-29(22)24)23(19-8-4-2-5-9-19)20-10-6-3-7-11-20/h2-13,16,23H,14-15,17H2,1H3. The third-order valence-electron chi connectivity index (χ3n) is 5.55. The number of hydrogen-bond donors (Lipinski definition) is 0. The van der Waals surface area contributed by atoms with E-state index in [4.69, 9.17) is 0 Å². The second-order valence-electron chi connectivity index (χ2n) is 7.47. The molecule has 0 spiro atoms. The molecule has 144 valence electrons. The van der Waals surface area contributed by atoms with Gasteiger partial charge in [0, 0.05) is 30.5 Å². The largest absolute Gasteiger partial charge is 0.309 e. The zero-order valence-electron chi connectivity index (χ0n) is 16.4. The minimum absolute atomic E-state index is 0.201. The van der Waals surface area contributed by atoms with Crippen molar-refractivity contribution in [1.29, 1.82) is 0 Å². The average molecular weight is 381 g/mol. The maximum absolute atomic E-state index is 4.52. The molecule has 0 fully saturated rings. The smallest absolute Gasteiger partial charge is 0.165 e. The summed E-state index contributed by atoms with van der Waals surface area (Å²) < 4.78 is 2.23. The van der Waals surface area contributed by atoms with E-state index in [0.29, 0.717) is 0 Å². The molecule has 0 aliphatic carbocycles. The molecule has 0 atom stereocenters. The van der Waals surface area contributed by atoms with Gasteiger partial charge in [-0.1, -0.05) is 60.7 Å². The second-order valence-corrected chi connectivity index (χ2v) is 7.47. The van der Waals surface area contributed by atoms with Crippen molar-refractivity contribution < 1.29 is 0 Å². The van der Waals surface area contributed by atoms with Gasteiger partial charge in [-0.15, -0.1) is 10.2 Å². The third kappa shape index (κ3) is 3.45. The molecular weight excluding hydrogens is 358 g/mol. The lowest BCUT2D eigenvalue weighted by atomic mass is 9.96. The topological polar surface area (TPSA) is 46.8 Å². The number of fused-ring (bicyclic) bond motifs is 1. The van der Waals surface area contributed by atoms with Crippen molar-refractivity contribution in [2.75, 3.05) is 6.54 Å². The lowest BCUT2D eigenvalue weighted by molar-refractivity contribution is 0.176. The van der Waals surface area contributed by atoms with Crippen LogP contribution >= 0.6 is 0 Å². The van der Waals surface area contributed by atoms with Crippen molar-refractivity contribution in [1.82, 2.24) is 24.6 Å². The summed E-state index contributed by atoms with van der Waals surface area (Å²) in [5, 5.41) is 9.00. The zero-order chi connectivity index (χ0) is 19.6. The first-order valence-corrected chi connectivity index (χ1v) is 9.98. The average Bonchev–Trinajstić information content (AvgIpc) is 3.19. The predicted octanol–water partition coefficient (Wildman–Crippen LogP) is 4.25. The Labute approximate surface area is 170 Å². The highest BCUT2D eigenvalue weighted by molar-refractivity contribution is 5.54. The molecule has 0 unspecified atom stereocenters. The number of hydrogen-bond acceptors (Lipinski definition) is 4. The summed E-state index contributed by atoms with van der Waals surface area (Å²) in [5.41, 5.74) is 4.63. The van der Waals surface area contributed by atoms with Crippen LogP contribution in [0.2, 0.25) is 0 Å². The van der Waals surface area contributed by atoms with E-state index in [1.54, 1.807) is 0 Å². The van der Waals surface area contributed by atoms with Gasteiger partial charge in [-0.2, -0.15) is 0 Å². The molecule has 0 bridgehead atoms. The number of aryl methyl sites for hydroxylation is 1. The van der Waals surface area contributed by atoms with E-state index in [1.807, 2.05) is 19.2 Å². The fourth-order valence-electron chi connectivity index (χ4n) is 4.10. The van der Waals surface area contributed by atoms with Crippen LogP contribution in [-0.4, -0.2) is 31.2 Å². The van der Waals surface area contributed by atoms with Crippen LogP contribution in [0.15, 0.2) is 79.0 Å². The van der Waals surface area contributed by atoms with Gasteiger partial charge >= 0.3 is 0 Å². The highest BCUT2D eigenvalue weighted by atomic mass is 15.3. The molecular formula is C24H23N5. The van der Waals surface area contributed by atoms with E-state index in [9.17, 15) is 0 Å². The van der Waals surface area contributed by atoms with Crippen LogP contribution < -0.4 is 0 Å². The molecule has 5 heteroatoms. The summed E-state index contributed by atoms with van der Waals surface area (Å²) in [6, 6.07) is 25.7. The SMILES string of the molecule is Cc1ccc(-c2nnc3n2CCN(C(c2ccccc2)c2ccccc2)C3)cn1. The first-order chi connectivity index (χ1) is 14.3. The van der Waals surface area contributed by atoms with Gasteiger partial charge < -0.3 is 4.57 Å². The summed E-state index contributed by atoms with van der Waals surface area (Å²) in [7, 11) is 0. The quantitative estimate of drug-likeness (QED) is 0.530. The molecule has 5 nitrogen and oxygen atoms in total. The molecule has 0 N–H and O–H groups in total. The molecule has 29 heavy (non-hydrogen) atoms. The van der Waals surface area contributed by atoms with Crippen LogP contribution in [0.25, 0.3) is 11.4 Å². The Morgan fingerprint density at radius 1 is 0.793 bits per heavy atom. The third-order valence-corrected chi connectivity index (χ3v) is 5.55. The highest BCUT2D eigenvalue weighted by Gasteiger charge is 2.28. The van der Waals surface area contributed by atoms with Crippen LogP contribution in [0.3, 0.4) is 0 Å². The van der Waals surface area contributed by atoms with Crippen molar-refractivity contribution in [3.8, 4) is 11.4 Å². The van der Waals surface area contributed by atoms with Crippen LogP contribution in [0, 0.1) is 6.92 Å². The Balaban J connectivity index is 1.48. The molecule has 0 amide bonds. The zero-order valence-corrected chi connectivity index (χ0v) is 16.4. The second kappa shape index (κ2) is 7.60. The van der Waals surface area contributed by atoms with Crippen molar-refractivity contribution in [3.63, 3.8) is 0 Å². The van der Waals surface area contributed by atoms with E-state index >= 15 is 0 Å². The Morgan fingerprint density at radius 3 is 2.10 bits per heavy atom. The van der Waals surface area contributed by atoms with Crippen LogP contribution in [0.5, 0.6) is 0 Å². The van der Waals surface area contributed by atoms with Crippen molar-refractivity contribution in [3.05, 3.63) is 102 Å². The molecule has 0 saturated heterocycles. The molecule has 1 aliphatic heterocycles. The van der Waals surface area contributed by atoms with Gasteiger partial charge in [0.25, 0.3) is 0 Å². The Hall–Kier alpha value is -3.31. The van der Waals surface area contributed by atoms with E-state index in [0.717, 1.165) is 42.5 Å². The predicted molar refractivity (Wildman–Crippen MR) is 113 cm³/mol. The van der Waals surface area contributed by atoms with E-state index in [1.165, 1.54) is 11.1 Å². The number of pyridine rings is 1. The van der Waals surface area contributed by atoms with Crippen LogP contribution in [-0.2, 0) is 13.1 Å². The molecule has 3 heterocycles. The highest BCUT2D eigenvalue weighted by Crippen LogP contribution is 2.32. The summed E-state index contributed by atoms with van der Waals surface area (Å²) in [6.45, 7) is 4.56. The number of aromatic nitrogens is 4. The Bertz CT molecular complexity index is 1050. The first-order valence-electron chi connectivity index (χ1n) is 9.98. The molecule has 2 aromatic heterocycles. The Morgan fingerprint density at radius 2 is 1.48 bits per heavy atom. The number of rotatable bonds is 4. The van der Waals surface area contributed by atoms with Gasteiger partial charge in [0.2, 0.25) is 0 Å². The van der Waals surface area contributed by atoms with Crippen LogP contribution in [0.4, 0.5) is 0 Å². The van der Waals surface area contributed by atoms with E-state index in [-0.39, 0.29) is 6.04 Å². The first kappa shape index (κ1) is 17.8. The van der Waals surface area contributed by atoms with Gasteiger partial charge in [0.05, 0.1) is 12.6 Å². The van der Waals surface area contributed by atoms with Gasteiger partial charge in [-0.25, -0.2) is 0 Å². The minimum Gasteiger partial charge on any atom is -0.309 e. The van der Waals surface area contributed by atoms with Crippen molar-refractivity contribution in [2.45, 2.75) is 26.1 Å². The summed E-state index contributed by atoms with van der Waals surface area (Å²) >= 11 is 0. The Kier molecular flexibility index (Phi) is 4.66. The lowest BCUT2D eigenvalue weighted by Gasteiger charge is -2.35. The monoisotopic (exact) mass is 381 g/mol. The summed E-state index contributed by atoms with van der Waals surface area (Å²) in [6.07, 6.45) is 1.88. The normalized spacial score (nSPS) is 14.1. The minimum atomic E-state index is 0.201. The molecule has 0 radical (unpaired) electrons. The fourth-order valence-corrected chi connectivity index (χ4v) is 4.10. The maximum Gasteiger partial charge on any atom is 0.165 e. The van der Waals surface area contributed by atoms with Crippen molar-refractivity contribution in [2.24, 2.45) is 0 Å². The number of benzene rings is 2. The fraction of sp³-hybridized carbons (Fsp3) is 0.208. The van der Waals surface area contributed by atoms with Crippen molar-refractivity contribution >= 4 is 0 Å². The van der Waals surface area contributed by atoms with E-state index < -0.39 is 0 Å². The van der Waals surface area contributed by atoms with Gasteiger partial charge in [0.15, 0.2) is 5.82 Å². The van der Waals surface area contributed by atoms with Gasteiger partial charge in [-0.05, 0) is 30.2 Å². The molecule has 1 aliphatic rings. The summed E-state index contributed by atoms with van der Waals surface area (Å²) in [4.78, 5) is 6.91. The molecule has 4 aromatic rings. The number of nitrogens with zero attached hydrogens (tertiary/aromatic N) is 5. The molecule has 5 rings (SSSR count). The van der Waals surface area contributed by atoms with E-state index in [2.05, 4.69) is 91.4 Å². The summed E-state index contributed by atoms with van der Waals surface area (Å²) in [5.74, 6) is 1.91. The molecule has 2 aromatic carbocycles. The lowest BCUT2D eigenvalue weighted by Crippen LogP contribution is -2.37. The van der Waals surface area contributed by atoms with Gasteiger partial charge in [-0.3, -0.25) is 9.88 Å². The van der Waals surface area contributed by atoms with Gasteiger partial charge in [0.1, 0.15) is 5.82 Å². The maximum atomic E-state index is 4.52. The molecule has 0 saturated carbocycles. The van der Waals surface area contributed by atoms with Crippen LogP contribution in [0.1, 0.15) is 28.7 Å².